The first-order valence-corrected chi connectivity index (χ1v) is 13.8. The van der Waals surface area contributed by atoms with E-state index < -0.39 is 6.17 Å². The Morgan fingerprint density at radius 3 is 2.51 bits per heavy atom. The van der Waals surface area contributed by atoms with Crippen LogP contribution < -0.4 is 15.6 Å². The lowest BCUT2D eigenvalue weighted by Crippen LogP contribution is -2.47. The van der Waals surface area contributed by atoms with E-state index in [1.54, 1.807) is 13.1 Å². The van der Waals surface area contributed by atoms with Gasteiger partial charge in [0.1, 0.15) is 23.8 Å². The molecule has 4 aromatic rings. The molecule has 1 aromatic carbocycles. The minimum atomic E-state index is -0.689. The van der Waals surface area contributed by atoms with Gasteiger partial charge in [-0.05, 0) is 38.2 Å². The number of hydrogen-bond donors (Lipinski definition) is 1. The van der Waals surface area contributed by atoms with Crippen LogP contribution in [0.2, 0.25) is 0 Å². The van der Waals surface area contributed by atoms with Crippen molar-refractivity contribution in [1.82, 2.24) is 29.4 Å². The molecule has 1 saturated carbocycles. The van der Waals surface area contributed by atoms with Gasteiger partial charge in [0, 0.05) is 68.6 Å². The van der Waals surface area contributed by atoms with E-state index >= 15 is 0 Å². The first kappa shape index (κ1) is 25.5. The van der Waals surface area contributed by atoms with Crippen molar-refractivity contribution in [2.45, 2.75) is 57.5 Å². The van der Waals surface area contributed by atoms with E-state index in [0.717, 1.165) is 66.8 Å². The van der Waals surface area contributed by atoms with Crippen LogP contribution in [0.5, 0.6) is 5.88 Å². The molecule has 0 amide bonds. The van der Waals surface area contributed by atoms with Crippen molar-refractivity contribution in [3.8, 4) is 17.1 Å². The van der Waals surface area contributed by atoms with E-state index in [9.17, 15) is 9.18 Å². The Hall–Kier alpha value is -3.79. The molecule has 1 aliphatic carbocycles. The number of hydrogen-bond acceptors (Lipinski definition) is 7. The third-order valence-corrected chi connectivity index (χ3v) is 7.71. The van der Waals surface area contributed by atoms with Gasteiger partial charge in [-0.25, -0.2) is 14.1 Å². The van der Waals surface area contributed by atoms with Crippen LogP contribution in [0.1, 0.15) is 44.2 Å². The molecule has 0 bridgehead atoms. The molecule has 0 radical (unpaired) electrons. The van der Waals surface area contributed by atoms with Crippen LogP contribution in [0.15, 0.2) is 53.5 Å². The lowest BCUT2D eigenvalue weighted by Gasteiger charge is -2.34. The fourth-order valence-corrected chi connectivity index (χ4v) is 5.59. The molecule has 6 rings (SSSR count). The number of fused-ring (bicyclic) bond motifs is 1. The monoisotopic (exact) mass is 531 g/mol. The molecule has 1 aliphatic heterocycles. The Labute approximate surface area is 226 Å². The van der Waals surface area contributed by atoms with E-state index in [2.05, 4.69) is 62.2 Å². The molecule has 10 heteroatoms. The van der Waals surface area contributed by atoms with E-state index in [1.807, 2.05) is 6.20 Å². The Bertz CT molecular complexity index is 1500. The number of benzene rings is 1. The highest BCUT2D eigenvalue weighted by molar-refractivity contribution is 5.94. The quantitative estimate of drug-likeness (QED) is 0.362. The van der Waals surface area contributed by atoms with E-state index in [4.69, 9.17) is 9.84 Å². The second kappa shape index (κ2) is 10.8. The van der Waals surface area contributed by atoms with Gasteiger partial charge in [-0.3, -0.25) is 14.4 Å². The number of aromatic nitrogens is 5. The SMILES string of the molecule is CCNc1cc2c(cn1)c(-c1ccc(CN3CC(F)C3)cc1)nn2[C@H]1CC[C@@H](Oc2ccc(=O)n(C)n2)CC1. The summed E-state index contributed by atoms with van der Waals surface area (Å²) in [6.07, 6.45) is 4.89. The first-order chi connectivity index (χ1) is 19.0. The summed E-state index contributed by atoms with van der Waals surface area (Å²) < 4.78 is 22.8. The zero-order valence-corrected chi connectivity index (χ0v) is 22.4. The largest absolute Gasteiger partial charge is 0.473 e. The minimum absolute atomic E-state index is 0.0539. The predicted molar refractivity (Wildman–Crippen MR) is 149 cm³/mol. The van der Waals surface area contributed by atoms with Gasteiger partial charge in [-0.15, -0.1) is 5.10 Å². The fourth-order valence-electron chi connectivity index (χ4n) is 5.59. The van der Waals surface area contributed by atoms with Crippen molar-refractivity contribution < 1.29 is 9.13 Å². The Kier molecular flexibility index (Phi) is 7.03. The van der Waals surface area contributed by atoms with Gasteiger partial charge >= 0.3 is 0 Å². The smallest absolute Gasteiger partial charge is 0.266 e. The van der Waals surface area contributed by atoms with Gasteiger partial charge in [0.05, 0.1) is 11.6 Å². The number of likely N-dealkylation sites (tertiary alicyclic amines) is 1. The molecule has 9 nitrogen and oxygen atoms in total. The first-order valence-electron chi connectivity index (χ1n) is 13.8. The molecule has 4 heterocycles. The summed E-state index contributed by atoms with van der Waals surface area (Å²) in [5, 5.41) is 13.7. The molecule has 3 aromatic heterocycles. The van der Waals surface area contributed by atoms with Crippen LogP contribution in [0, 0.1) is 0 Å². The highest BCUT2D eigenvalue weighted by Crippen LogP contribution is 2.36. The number of anilines is 1. The maximum atomic E-state index is 13.2. The number of alkyl halides is 1. The van der Waals surface area contributed by atoms with Gasteiger partial charge < -0.3 is 10.1 Å². The summed E-state index contributed by atoms with van der Waals surface area (Å²) in [6.45, 7) is 4.66. The molecule has 0 unspecified atom stereocenters. The lowest BCUT2D eigenvalue weighted by atomic mass is 9.93. The number of rotatable bonds is 8. The predicted octanol–water partition coefficient (Wildman–Crippen LogP) is 4.34. The lowest BCUT2D eigenvalue weighted by molar-refractivity contribution is 0.0591. The average molecular weight is 532 g/mol. The maximum Gasteiger partial charge on any atom is 0.266 e. The molecule has 1 N–H and O–H groups in total. The number of ether oxygens (including phenoxy) is 1. The molecular formula is C29H34FN7O2. The molecule has 204 valence electrons. The number of nitrogens with one attached hydrogen (secondary N) is 1. The second-order valence-electron chi connectivity index (χ2n) is 10.6. The Morgan fingerprint density at radius 1 is 1.05 bits per heavy atom. The van der Waals surface area contributed by atoms with Gasteiger partial charge in [-0.2, -0.15) is 5.10 Å². The van der Waals surface area contributed by atoms with Crippen LogP contribution in [-0.4, -0.2) is 61.4 Å². The van der Waals surface area contributed by atoms with Crippen LogP contribution in [0.25, 0.3) is 22.2 Å². The van der Waals surface area contributed by atoms with E-state index in [0.29, 0.717) is 19.0 Å². The van der Waals surface area contributed by atoms with Crippen molar-refractivity contribution in [2.24, 2.45) is 7.05 Å². The van der Waals surface area contributed by atoms with Crippen LogP contribution in [0.3, 0.4) is 0 Å². The Morgan fingerprint density at radius 2 is 1.82 bits per heavy atom. The standard InChI is InChI=1S/C29H34FN7O2/c1-3-31-26-14-25-24(15-32-26)29(20-6-4-19(5-7-20)16-36-17-21(30)18-36)34-37(25)22-8-10-23(11-9-22)39-27-12-13-28(38)35(2)33-27/h4-7,12-15,21-23H,3,8-11,16-18H2,1-2H3,(H,31,32)/t22-,23+. The molecule has 0 atom stereocenters. The molecule has 39 heavy (non-hydrogen) atoms. The van der Waals surface area contributed by atoms with Crippen LogP contribution >= 0.6 is 0 Å². The third-order valence-electron chi connectivity index (χ3n) is 7.71. The molecule has 2 aliphatic rings. The van der Waals surface area contributed by atoms with Crippen LogP contribution in [0.4, 0.5) is 10.2 Å². The fraction of sp³-hybridized carbons (Fsp3) is 0.448. The van der Waals surface area contributed by atoms with Gasteiger partial charge in [0.15, 0.2) is 0 Å². The summed E-state index contributed by atoms with van der Waals surface area (Å²) in [6, 6.07) is 13.9. The van der Waals surface area contributed by atoms with Gasteiger partial charge in [-0.1, -0.05) is 24.3 Å². The summed E-state index contributed by atoms with van der Waals surface area (Å²) in [7, 11) is 1.63. The van der Waals surface area contributed by atoms with Crippen molar-refractivity contribution in [1.29, 1.82) is 0 Å². The second-order valence-corrected chi connectivity index (χ2v) is 10.6. The molecule has 1 saturated heterocycles. The van der Waals surface area contributed by atoms with Crippen molar-refractivity contribution >= 4 is 16.7 Å². The Balaban J connectivity index is 1.23. The number of halogens is 1. The third kappa shape index (κ3) is 5.38. The van der Waals surface area contributed by atoms with Crippen LogP contribution in [-0.2, 0) is 13.6 Å². The number of nitrogens with zero attached hydrogens (tertiary/aromatic N) is 6. The summed E-state index contributed by atoms with van der Waals surface area (Å²) in [4.78, 5) is 18.4. The summed E-state index contributed by atoms with van der Waals surface area (Å²) in [5.74, 6) is 1.32. The normalized spacial score (nSPS) is 20.2. The van der Waals surface area contributed by atoms with Gasteiger partial charge in [0.2, 0.25) is 5.88 Å². The van der Waals surface area contributed by atoms with Crippen molar-refractivity contribution in [3.63, 3.8) is 0 Å². The number of aryl methyl sites for hydroxylation is 1. The van der Waals surface area contributed by atoms with Gasteiger partial charge in [0.25, 0.3) is 5.56 Å². The number of pyridine rings is 1. The van der Waals surface area contributed by atoms with E-state index in [1.165, 1.54) is 16.3 Å². The molecule has 2 fully saturated rings. The maximum absolute atomic E-state index is 13.2. The molecular weight excluding hydrogens is 497 g/mol. The zero-order valence-electron chi connectivity index (χ0n) is 22.4. The summed E-state index contributed by atoms with van der Waals surface area (Å²) in [5.41, 5.74) is 4.06. The highest BCUT2D eigenvalue weighted by Gasteiger charge is 2.28. The summed E-state index contributed by atoms with van der Waals surface area (Å²) >= 11 is 0. The highest BCUT2D eigenvalue weighted by atomic mass is 19.1. The average Bonchev–Trinajstić information content (AvgIpc) is 3.30. The van der Waals surface area contributed by atoms with Crippen molar-refractivity contribution in [3.05, 3.63) is 64.6 Å². The minimum Gasteiger partial charge on any atom is -0.473 e. The van der Waals surface area contributed by atoms with Crippen molar-refractivity contribution in [2.75, 3.05) is 25.0 Å². The topological polar surface area (TPSA) is 90.1 Å². The molecule has 0 spiro atoms. The van der Waals surface area contributed by atoms with E-state index in [-0.39, 0.29) is 17.7 Å². The zero-order chi connectivity index (χ0) is 26.9.